The Labute approximate surface area is 235 Å². The molecule has 2 N–H and O–H groups in total. The molecule has 204 valence electrons. The molecular weight excluding hydrogens is 553 g/mol. The summed E-state index contributed by atoms with van der Waals surface area (Å²) in [7, 11) is -3.56. The molecule has 39 heavy (non-hydrogen) atoms. The van der Waals surface area contributed by atoms with Gasteiger partial charge in [-0.2, -0.15) is 4.31 Å². The first kappa shape index (κ1) is 27.6. The Balaban J connectivity index is 1.25. The molecule has 0 fully saturated rings. The Hall–Kier alpha value is -2.99. The molecule has 11 heteroatoms. The number of rotatable bonds is 9. The predicted octanol–water partition coefficient (Wildman–Crippen LogP) is 5.29. The Kier molecular flexibility index (Phi) is 8.22. The number of aromatic amines is 1. The van der Waals surface area contributed by atoms with Crippen molar-refractivity contribution in [3.05, 3.63) is 69.3 Å². The minimum absolute atomic E-state index is 0.0387. The van der Waals surface area contributed by atoms with Gasteiger partial charge >= 0.3 is 0 Å². The predicted molar refractivity (Wildman–Crippen MR) is 158 cm³/mol. The molecule has 8 nitrogen and oxygen atoms in total. The second kappa shape index (κ2) is 11.6. The van der Waals surface area contributed by atoms with Crippen LogP contribution in [0.25, 0.3) is 21.3 Å². The zero-order chi connectivity index (χ0) is 27.6. The van der Waals surface area contributed by atoms with E-state index >= 15 is 0 Å². The summed E-state index contributed by atoms with van der Waals surface area (Å²) >= 11 is 2.57. The number of hydrogen-bond donors (Lipinski definition) is 2. The molecule has 4 aromatic rings. The van der Waals surface area contributed by atoms with E-state index in [4.69, 9.17) is 0 Å². The van der Waals surface area contributed by atoms with Crippen LogP contribution in [0.4, 0.5) is 5.69 Å². The van der Waals surface area contributed by atoms with Crippen molar-refractivity contribution in [2.45, 2.75) is 49.6 Å². The average Bonchev–Trinajstić information content (AvgIpc) is 3.37. The van der Waals surface area contributed by atoms with Gasteiger partial charge in [-0.1, -0.05) is 43.8 Å². The maximum atomic E-state index is 13.0. The van der Waals surface area contributed by atoms with Crippen LogP contribution in [0.1, 0.15) is 37.8 Å². The Morgan fingerprint density at radius 2 is 1.79 bits per heavy atom. The number of hydrogen-bond acceptors (Lipinski definition) is 7. The van der Waals surface area contributed by atoms with Crippen molar-refractivity contribution in [3.8, 4) is 11.1 Å². The number of nitrogens with one attached hydrogen (secondary N) is 2. The van der Waals surface area contributed by atoms with Crippen LogP contribution >= 0.6 is 23.1 Å². The minimum Gasteiger partial charge on any atom is -0.325 e. The first-order chi connectivity index (χ1) is 18.8. The van der Waals surface area contributed by atoms with Gasteiger partial charge in [0.1, 0.15) is 4.83 Å². The van der Waals surface area contributed by atoms with Gasteiger partial charge in [-0.3, -0.25) is 9.59 Å². The van der Waals surface area contributed by atoms with Gasteiger partial charge in [-0.15, -0.1) is 11.3 Å². The van der Waals surface area contributed by atoms with Crippen molar-refractivity contribution in [2.24, 2.45) is 0 Å². The maximum absolute atomic E-state index is 13.0. The van der Waals surface area contributed by atoms with E-state index in [1.165, 1.54) is 51.7 Å². The highest BCUT2D eigenvalue weighted by Gasteiger charge is 2.21. The molecule has 0 bridgehead atoms. The van der Waals surface area contributed by atoms with Gasteiger partial charge < -0.3 is 10.3 Å². The number of carbonyl (C=O) groups excluding carboxylic acids is 1. The lowest BCUT2D eigenvalue weighted by atomic mass is 9.89. The van der Waals surface area contributed by atoms with E-state index in [0.29, 0.717) is 34.1 Å². The summed E-state index contributed by atoms with van der Waals surface area (Å²) in [6.07, 6.45) is 4.60. The lowest BCUT2D eigenvalue weighted by Gasteiger charge is -2.18. The van der Waals surface area contributed by atoms with E-state index in [2.05, 4.69) is 33.5 Å². The number of aryl methyl sites for hydroxylation is 2. The second-order valence-corrected chi connectivity index (χ2v) is 13.1. The van der Waals surface area contributed by atoms with E-state index in [-0.39, 0.29) is 22.1 Å². The molecule has 0 radical (unpaired) electrons. The number of thiophene rings is 1. The van der Waals surface area contributed by atoms with Crippen molar-refractivity contribution in [1.29, 1.82) is 0 Å². The van der Waals surface area contributed by atoms with Crippen LogP contribution in [0.3, 0.4) is 0 Å². The standard InChI is InChI=1S/C28H30N4O4S3/c1-3-32(4-2)39(35,36)22-13-11-21(12-14-22)29-24(33)17-38-28-30-26(34)25-23(16-37-27(25)31-28)20-10-9-18-7-5-6-8-19(18)15-20/h9-16H,3-8,17H2,1-2H3,(H,29,33)(H,30,31,34). The highest BCUT2D eigenvalue weighted by Crippen LogP contribution is 2.34. The zero-order valence-electron chi connectivity index (χ0n) is 21.8. The molecule has 0 saturated heterocycles. The van der Waals surface area contributed by atoms with E-state index in [1.807, 2.05) is 5.38 Å². The topological polar surface area (TPSA) is 112 Å². The summed E-state index contributed by atoms with van der Waals surface area (Å²) in [6.45, 7) is 4.35. The zero-order valence-corrected chi connectivity index (χ0v) is 24.3. The quantitative estimate of drug-likeness (QED) is 0.205. The summed E-state index contributed by atoms with van der Waals surface area (Å²) < 4.78 is 26.7. The van der Waals surface area contributed by atoms with E-state index in [1.54, 1.807) is 26.0 Å². The molecule has 0 spiro atoms. The molecule has 1 aliphatic carbocycles. The molecule has 2 aromatic carbocycles. The van der Waals surface area contributed by atoms with Crippen LogP contribution in [0, 0.1) is 0 Å². The molecule has 1 aliphatic rings. The number of H-pyrrole nitrogens is 1. The molecular formula is C28H30N4O4S3. The lowest BCUT2D eigenvalue weighted by Crippen LogP contribution is -2.30. The molecule has 0 saturated carbocycles. The summed E-state index contributed by atoms with van der Waals surface area (Å²) in [5.74, 6) is -0.250. The fourth-order valence-electron chi connectivity index (χ4n) is 4.86. The van der Waals surface area contributed by atoms with Crippen molar-refractivity contribution in [1.82, 2.24) is 14.3 Å². The first-order valence-electron chi connectivity index (χ1n) is 13.0. The van der Waals surface area contributed by atoms with Gasteiger partial charge in [-0.25, -0.2) is 13.4 Å². The fourth-order valence-corrected chi connectivity index (χ4v) is 7.99. The first-order valence-corrected chi connectivity index (χ1v) is 16.3. The van der Waals surface area contributed by atoms with Gasteiger partial charge in [0, 0.05) is 29.7 Å². The Bertz CT molecular complexity index is 1670. The van der Waals surface area contributed by atoms with Crippen molar-refractivity contribution in [3.63, 3.8) is 0 Å². The number of thioether (sulfide) groups is 1. The number of sulfonamides is 1. The van der Waals surface area contributed by atoms with Gasteiger partial charge in [0.15, 0.2) is 5.16 Å². The highest BCUT2D eigenvalue weighted by molar-refractivity contribution is 7.99. The SMILES string of the molecule is CCN(CC)S(=O)(=O)c1ccc(NC(=O)CSc2nc3scc(-c4ccc5c(c4)CCCC5)c3c(=O)[nH]2)cc1. The van der Waals surface area contributed by atoms with Crippen LogP contribution in [-0.2, 0) is 27.7 Å². The van der Waals surface area contributed by atoms with Gasteiger partial charge in [0.2, 0.25) is 15.9 Å². The van der Waals surface area contributed by atoms with Crippen LogP contribution in [-0.4, -0.2) is 47.4 Å². The fraction of sp³-hybridized carbons (Fsp3) is 0.321. The van der Waals surface area contributed by atoms with Crippen LogP contribution < -0.4 is 10.9 Å². The molecule has 2 heterocycles. The van der Waals surface area contributed by atoms with Gasteiger partial charge in [-0.05, 0) is 66.6 Å². The summed E-state index contributed by atoms with van der Waals surface area (Å²) in [5, 5.41) is 5.69. The average molecular weight is 583 g/mol. The van der Waals surface area contributed by atoms with Crippen molar-refractivity contribution >= 4 is 54.9 Å². The smallest absolute Gasteiger partial charge is 0.260 e. The third-order valence-electron chi connectivity index (χ3n) is 6.90. The molecule has 1 amide bonds. The molecule has 5 rings (SSSR count). The number of anilines is 1. The normalized spacial score (nSPS) is 13.5. The highest BCUT2D eigenvalue weighted by atomic mass is 32.2. The number of carbonyl (C=O) groups is 1. The minimum atomic E-state index is -3.56. The number of benzene rings is 2. The molecule has 0 atom stereocenters. The van der Waals surface area contributed by atoms with Crippen molar-refractivity contribution < 1.29 is 13.2 Å². The summed E-state index contributed by atoms with van der Waals surface area (Å²) in [5.41, 5.74) is 4.95. The second-order valence-electron chi connectivity index (χ2n) is 9.34. The third kappa shape index (κ3) is 5.81. The van der Waals surface area contributed by atoms with Crippen LogP contribution in [0.5, 0.6) is 0 Å². The van der Waals surface area contributed by atoms with Crippen LogP contribution in [0.15, 0.2) is 62.7 Å². The lowest BCUT2D eigenvalue weighted by molar-refractivity contribution is -0.113. The number of aromatic nitrogens is 2. The summed E-state index contributed by atoms with van der Waals surface area (Å²) in [6, 6.07) is 12.6. The Morgan fingerprint density at radius 1 is 1.08 bits per heavy atom. The van der Waals surface area contributed by atoms with Gasteiger partial charge in [0.05, 0.1) is 16.0 Å². The van der Waals surface area contributed by atoms with E-state index in [0.717, 1.165) is 35.7 Å². The van der Waals surface area contributed by atoms with E-state index in [9.17, 15) is 18.0 Å². The monoisotopic (exact) mass is 582 g/mol. The third-order valence-corrected chi connectivity index (χ3v) is 10.7. The molecule has 0 aliphatic heterocycles. The molecule has 0 unspecified atom stereocenters. The van der Waals surface area contributed by atoms with Crippen molar-refractivity contribution in [2.75, 3.05) is 24.2 Å². The largest absolute Gasteiger partial charge is 0.325 e. The van der Waals surface area contributed by atoms with E-state index < -0.39 is 10.0 Å². The summed E-state index contributed by atoms with van der Waals surface area (Å²) in [4.78, 5) is 33.8. The van der Waals surface area contributed by atoms with Gasteiger partial charge in [0.25, 0.3) is 5.56 Å². The Morgan fingerprint density at radius 3 is 2.51 bits per heavy atom. The number of fused-ring (bicyclic) bond motifs is 2. The maximum Gasteiger partial charge on any atom is 0.260 e. The number of nitrogens with zero attached hydrogens (tertiary/aromatic N) is 2. The molecule has 2 aromatic heterocycles. The number of amides is 1. The van der Waals surface area contributed by atoms with Crippen LogP contribution in [0.2, 0.25) is 0 Å².